The van der Waals surface area contributed by atoms with E-state index in [4.69, 9.17) is 4.98 Å². The van der Waals surface area contributed by atoms with Crippen molar-refractivity contribution in [3.8, 4) is 6.07 Å². The summed E-state index contributed by atoms with van der Waals surface area (Å²) >= 11 is 0. The van der Waals surface area contributed by atoms with Gasteiger partial charge in [0.1, 0.15) is 5.82 Å². The Labute approximate surface area is 113 Å². The summed E-state index contributed by atoms with van der Waals surface area (Å²) < 4.78 is 0. The zero-order valence-corrected chi connectivity index (χ0v) is 11.1. The zero-order chi connectivity index (χ0) is 13.2. The van der Waals surface area contributed by atoms with Crippen molar-refractivity contribution >= 4 is 16.7 Å². The number of nitrogens with zero attached hydrogens (tertiary/aromatic N) is 3. The predicted molar refractivity (Wildman–Crippen MR) is 77.1 cm³/mol. The number of para-hydroxylation sites is 1. The number of nitriles is 1. The molecule has 0 amide bonds. The molecule has 0 spiro atoms. The van der Waals surface area contributed by atoms with Crippen molar-refractivity contribution in [2.24, 2.45) is 0 Å². The molecule has 3 heteroatoms. The maximum Gasteiger partial charge on any atom is 0.130 e. The Kier molecular flexibility index (Phi) is 3.08. The van der Waals surface area contributed by atoms with Gasteiger partial charge in [0.05, 0.1) is 17.1 Å². The third-order valence-corrected chi connectivity index (χ3v) is 3.57. The number of hydrogen-bond donors (Lipinski definition) is 0. The molecular weight excluding hydrogens is 234 g/mol. The van der Waals surface area contributed by atoms with E-state index in [1.54, 1.807) is 0 Å². The van der Waals surface area contributed by atoms with Crippen LogP contribution in [0.15, 0.2) is 30.3 Å². The lowest BCUT2D eigenvalue weighted by Crippen LogP contribution is -2.27. The highest BCUT2D eigenvalue weighted by Crippen LogP contribution is 2.32. The number of benzene rings is 1. The Hall–Kier alpha value is -2.08. The fraction of sp³-hybridized carbons (Fsp3) is 0.375. The van der Waals surface area contributed by atoms with Gasteiger partial charge in [0.2, 0.25) is 0 Å². The van der Waals surface area contributed by atoms with Crippen LogP contribution in [0.5, 0.6) is 0 Å². The van der Waals surface area contributed by atoms with Crippen molar-refractivity contribution in [2.45, 2.75) is 32.2 Å². The van der Waals surface area contributed by atoms with Crippen LogP contribution < -0.4 is 4.90 Å². The number of fused-ring (bicyclic) bond motifs is 1. The maximum absolute atomic E-state index is 9.33. The van der Waals surface area contributed by atoms with E-state index in [1.165, 1.54) is 12.8 Å². The summed E-state index contributed by atoms with van der Waals surface area (Å²) in [7, 11) is 0. The highest BCUT2D eigenvalue weighted by molar-refractivity contribution is 5.86. The lowest BCUT2D eigenvalue weighted by Gasteiger charge is -2.23. The molecule has 1 aliphatic carbocycles. The molecule has 1 aromatic carbocycles. The summed E-state index contributed by atoms with van der Waals surface area (Å²) in [6, 6.07) is 12.7. The van der Waals surface area contributed by atoms with Crippen LogP contribution in [0.1, 0.15) is 31.7 Å². The SMILES string of the molecule is CCCN(c1cc(C#N)c2ccccc2n1)C1CC1. The van der Waals surface area contributed by atoms with Gasteiger partial charge in [-0.05, 0) is 31.4 Å². The summed E-state index contributed by atoms with van der Waals surface area (Å²) in [4.78, 5) is 7.09. The second-order valence-corrected chi connectivity index (χ2v) is 5.08. The molecule has 0 N–H and O–H groups in total. The van der Waals surface area contributed by atoms with Gasteiger partial charge in [-0.2, -0.15) is 5.26 Å². The van der Waals surface area contributed by atoms with Crippen molar-refractivity contribution in [2.75, 3.05) is 11.4 Å². The van der Waals surface area contributed by atoms with Gasteiger partial charge in [0.15, 0.2) is 0 Å². The normalized spacial score (nSPS) is 14.3. The first-order chi connectivity index (χ1) is 9.33. The number of rotatable bonds is 4. The smallest absolute Gasteiger partial charge is 0.130 e. The fourth-order valence-electron chi connectivity index (χ4n) is 2.51. The molecule has 0 radical (unpaired) electrons. The van der Waals surface area contributed by atoms with Crippen LogP contribution in [0.25, 0.3) is 10.9 Å². The van der Waals surface area contributed by atoms with Crippen LogP contribution in [0.2, 0.25) is 0 Å². The highest BCUT2D eigenvalue weighted by Gasteiger charge is 2.29. The highest BCUT2D eigenvalue weighted by atomic mass is 15.2. The third-order valence-electron chi connectivity index (χ3n) is 3.57. The van der Waals surface area contributed by atoms with Crippen molar-refractivity contribution in [3.63, 3.8) is 0 Å². The minimum atomic E-state index is 0.625. The van der Waals surface area contributed by atoms with Gasteiger partial charge in [0, 0.05) is 18.0 Å². The average Bonchev–Trinajstić information content (AvgIpc) is 3.28. The summed E-state index contributed by atoms with van der Waals surface area (Å²) in [6.07, 6.45) is 3.60. The molecule has 3 nitrogen and oxygen atoms in total. The quantitative estimate of drug-likeness (QED) is 0.835. The topological polar surface area (TPSA) is 39.9 Å². The van der Waals surface area contributed by atoms with E-state index >= 15 is 0 Å². The Balaban J connectivity index is 2.10. The van der Waals surface area contributed by atoms with E-state index in [0.717, 1.165) is 35.2 Å². The van der Waals surface area contributed by atoms with Crippen LogP contribution >= 0.6 is 0 Å². The minimum Gasteiger partial charge on any atom is -0.354 e. The van der Waals surface area contributed by atoms with Crippen molar-refractivity contribution in [1.82, 2.24) is 4.98 Å². The van der Waals surface area contributed by atoms with E-state index in [-0.39, 0.29) is 0 Å². The largest absolute Gasteiger partial charge is 0.354 e. The Bertz CT molecular complexity index is 638. The molecule has 0 atom stereocenters. The van der Waals surface area contributed by atoms with E-state index in [9.17, 15) is 5.26 Å². The second kappa shape index (κ2) is 4.89. The molecule has 1 saturated carbocycles. The van der Waals surface area contributed by atoms with Crippen LogP contribution in [-0.4, -0.2) is 17.6 Å². The van der Waals surface area contributed by atoms with Crippen LogP contribution in [-0.2, 0) is 0 Å². The van der Waals surface area contributed by atoms with Gasteiger partial charge in [-0.15, -0.1) is 0 Å². The maximum atomic E-state index is 9.33. The number of aromatic nitrogens is 1. The van der Waals surface area contributed by atoms with E-state index in [0.29, 0.717) is 6.04 Å². The second-order valence-electron chi connectivity index (χ2n) is 5.08. The number of hydrogen-bond acceptors (Lipinski definition) is 3. The van der Waals surface area contributed by atoms with E-state index < -0.39 is 0 Å². The lowest BCUT2D eigenvalue weighted by atomic mass is 10.1. The van der Waals surface area contributed by atoms with Crippen LogP contribution in [0, 0.1) is 11.3 Å². The molecule has 96 valence electrons. The minimum absolute atomic E-state index is 0.625. The summed E-state index contributed by atoms with van der Waals surface area (Å²) in [5.74, 6) is 0.958. The number of pyridine rings is 1. The van der Waals surface area contributed by atoms with Crippen LogP contribution in [0.3, 0.4) is 0 Å². The molecule has 0 bridgehead atoms. The first-order valence-corrected chi connectivity index (χ1v) is 6.90. The van der Waals surface area contributed by atoms with Crippen molar-refractivity contribution in [3.05, 3.63) is 35.9 Å². The molecule has 0 unspecified atom stereocenters. The molecule has 1 aromatic heterocycles. The van der Waals surface area contributed by atoms with Crippen molar-refractivity contribution < 1.29 is 0 Å². The molecule has 3 rings (SSSR count). The first-order valence-electron chi connectivity index (χ1n) is 6.90. The molecule has 1 fully saturated rings. The summed E-state index contributed by atoms with van der Waals surface area (Å²) in [6.45, 7) is 3.20. The van der Waals surface area contributed by atoms with E-state index in [2.05, 4.69) is 17.9 Å². The Morgan fingerprint density at radius 2 is 2.16 bits per heavy atom. The predicted octanol–water partition coefficient (Wildman–Crippen LogP) is 3.49. The van der Waals surface area contributed by atoms with Gasteiger partial charge in [-0.1, -0.05) is 25.1 Å². The average molecular weight is 251 g/mol. The Morgan fingerprint density at radius 1 is 1.37 bits per heavy atom. The van der Waals surface area contributed by atoms with Gasteiger partial charge < -0.3 is 4.90 Å². The molecule has 19 heavy (non-hydrogen) atoms. The molecule has 1 aliphatic rings. The number of anilines is 1. The van der Waals surface area contributed by atoms with Gasteiger partial charge in [-0.3, -0.25) is 0 Å². The molecule has 0 aliphatic heterocycles. The monoisotopic (exact) mass is 251 g/mol. The first kappa shape index (κ1) is 12.0. The van der Waals surface area contributed by atoms with Gasteiger partial charge in [-0.25, -0.2) is 4.98 Å². The van der Waals surface area contributed by atoms with Gasteiger partial charge >= 0.3 is 0 Å². The molecule has 0 saturated heterocycles. The van der Waals surface area contributed by atoms with Gasteiger partial charge in [0.25, 0.3) is 0 Å². The molecule has 2 aromatic rings. The van der Waals surface area contributed by atoms with Crippen molar-refractivity contribution in [1.29, 1.82) is 5.26 Å². The third kappa shape index (κ3) is 2.26. The summed E-state index contributed by atoms with van der Waals surface area (Å²) in [5, 5.41) is 10.3. The lowest BCUT2D eigenvalue weighted by molar-refractivity contribution is 0.752. The fourth-order valence-corrected chi connectivity index (χ4v) is 2.51. The zero-order valence-electron chi connectivity index (χ0n) is 11.1. The van der Waals surface area contributed by atoms with E-state index in [1.807, 2.05) is 30.3 Å². The summed E-state index contributed by atoms with van der Waals surface area (Å²) in [5.41, 5.74) is 1.64. The van der Waals surface area contributed by atoms with Crippen LogP contribution in [0.4, 0.5) is 5.82 Å². The molecular formula is C16H17N3. The molecule has 1 heterocycles. The standard InChI is InChI=1S/C16H17N3/c1-2-9-19(13-7-8-13)16-10-12(11-17)14-5-3-4-6-15(14)18-16/h3-6,10,13H,2,7-9H2,1H3. The Morgan fingerprint density at radius 3 is 2.84 bits per heavy atom.